The van der Waals surface area contributed by atoms with Crippen molar-refractivity contribution in [3.8, 4) is 0 Å². The van der Waals surface area contributed by atoms with Gasteiger partial charge in [0.15, 0.2) is 0 Å². The predicted molar refractivity (Wildman–Crippen MR) is 73.7 cm³/mol. The summed E-state index contributed by atoms with van der Waals surface area (Å²) in [5.74, 6) is -0.0452. The van der Waals surface area contributed by atoms with E-state index in [4.69, 9.17) is 15.2 Å². The van der Waals surface area contributed by atoms with E-state index in [1.54, 1.807) is 0 Å². The minimum absolute atomic E-state index is 0.212. The Kier molecular flexibility index (Phi) is 5.22. The SMILES string of the molecule is COC(=O)C1(N)CCCC1CCOC1CCCCC1. The van der Waals surface area contributed by atoms with E-state index < -0.39 is 5.54 Å². The van der Waals surface area contributed by atoms with Crippen LogP contribution in [0.5, 0.6) is 0 Å². The fourth-order valence-corrected chi connectivity index (χ4v) is 3.57. The molecule has 4 heteroatoms. The van der Waals surface area contributed by atoms with Crippen LogP contribution in [0.1, 0.15) is 57.8 Å². The second-order valence-corrected chi connectivity index (χ2v) is 6.04. The molecule has 0 aliphatic heterocycles. The van der Waals surface area contributed by atoms with Crippen LogP contribution in [0.2, 0.25) is 0 Å². The van der Waals surface area contributed by atoms with Crippen molar-refractivity contribution in [1.82, 2.24) is 0 Å². The Morgan fingerprint density at radius 2 is 1.95 bits per heavy atom. The lowest BCUT2D eigenvalue weighted by molar-refractivity contribution is -0.148. The molecular weight excluding hydrogens is 242 g/mol. The van der Waals surface area contributed by atoms with Crippen molar-refractivity contribution >= 4 is 5.97 Å². The highest BCUT2D eigenvalue weighted by Crippen LogP contribution is 2.37. The molecule has 0 amide bonds. The molecule has 2 rings (SSSR count). The highest BCUT2D eigenvalue weighted by Gasteiger charge is 2.46. The Labute approximate surface area is 116 Å². The van der Waals surface area contributed by atoms with Crippen molar-refractivity contribution in [3.63, 3.8) is 0 Å². The van der Waals surface area contributed by atoms with Gasteiger partial charge in [-0.2, -0.15) is 0 Å². The molecule has 2 atom stereocenters. The highest BCUT2D eigenvalue weighted by atomic mass is 16.5. The van der Waals surface area contributed by atoms with Crippen molar-refractivity contribution in [2.75, 3.05) is 13.7 Å². The third kappa shape index (κ3) is 3.48. The second-order valence-electron chi connectivity index (χ2n) is 6.04. The molecule has 0 radical (unpaired) electrons. The average molecular weight is 269 g/mol. The first-order valence-corrected chi connectivity index (χ1v) is 7.65. The normalized spacial score (nSPS) is 32.4. The lowest BCUT2D eigenvalue weighted by atomic mass is 9.86. The highest BCUT2D eigenvalue weighted by molar-refractivity contribution is 5.81. The van der Waals surface area contributed by atoms with Crippen LogP contribution in [0.15, 0.2) is 0 Å². The molecule has 2 saturated carbocycles. The molecule has 2 N–H and O–H groups in total. The first-order chi connectivity index (χ1) is 9.16. The van der Waals surface area contributed by atoms with Gasteiger partial charge in [-0.1, -0.05) is 25.7 Å². The Morgan fingerprint density at radius 1 is 1.21 bits per heavy atom. The first-order valence-electron chi connectivity index (χ1n) is 7.65. The molecule has 4 nitrogen and oxygen atoms in total. The van der Waals surface area contributed by atoms with E-state index in [1.807, 2.05) is 0 Å². The molecule has 0 aromatic rings. The van der Waals surface area contributed by atoms with Gasteiger partial charge >= 0.3 is 5.97 Å². The quantitative estimate of drug-likeness (QED) is 0.778. The van der Waals surface area contributed by atoms with Gasteiger partial charge in [-0.05, 0) is 38.0 Å². The third-order valence-corrected chi connectivity index (χ3v) is 4.81. The number of rotatable bonds is 5. The molecule has 0 aromatic carbocycles. The maximum absolute atomic E-state index is 11.8. The van der Waals surface area contributed by atoms with Gasteiger partial charge in [0.2, 0.25) is 0 Å². The molecule has 0 heterocycles. The van der Waals surface area contributed by atoms with Gasteiger partial charge in [-0.15, -0.1) is 0 Å². The number of esters is 1. The lowest BCUT2D eigenvalue weighted by Gasteiger charge is -2.29. The minimum Gasteiger partial charge on any atom is -0.468 e. The number of carbonyl (C=O) groups is 1. The average Bonchev–Trinajstić information content (AvgIpc) is 2.82. The molecule has 2 aliphatic rings. The summed E-state index contributed by atoms with van der Waals surface area (Å²) in [5, 5.41) is 0. The monoisotopic (exact) mass is 269 g/mol. The second kappa shape index (κ2) is 6.71. The van der Waals surface area contributed by atoms with Gasteiger partial charge in [-0.25, -0.2) is 0 Å². The van der Waals surface area contributed by atoms with Crippen LogP contribution in [0.25, 0.3) is 0 Å². The van der Waals surface area contributed by atoms with Gasteiger partial charge in [0.1, 0.15) is 5.54 Å². The van der Waals surface area contributed by atoms with Gasteiger partial charge in [-0.3, -0.25) is 4.79 Å². The molecule has 2 unspecified atom stereocenters. The standard InChI is InChI=1S/C15H27NO3/c1-18-14(17)15(16)10-5-6-12(15)9-11-19-13-7-3-2-4-8-13/h12-13H,2-11,16H2,1H3. The molecule has 110 valence electrons. The zero-order valence-electron chi connectivity index (χ0n) is 12.0. The molecule has 0 spiro atoms. The van der Waals surface area contributed by atoms with Crippen molar-refractivity contribution < 1.29 is 14.3 Å². The molecule has 0 saturated heterocycles. The molecule has 0 bridgehead atoms. The molecular formula is C15H27NO3. The fraction of sp³-hybridized carbons (Fsp3) is 0.933. The van der Waals surface area contributed by atoms with Crippen molar-refractivity contribution in [1.29, 1.82) is 0 Å². The number of hydrogen-bond donors (Lipinski definition) is 1. The van der Waals surface area contributed by atoms with Gasteiger partial charge in [0, 0.05) is 6.61 Å². The maximum atomic E-state index is 11.8. The summed E-state index contributed by atoms with van der Waals surface area (Å²) in [5.41, 5.74) is 5.47. The van der Waals surface area contributed by atoms with Crippen molar-refractivity contribution in [3.05, 3.63) is 0 Å². The predicted octanol–water partition coefficient (Wildman–Crippen LogP) is 2.40. The summed E-state index contributed by atoms with van der Waals surface area (Å²) in [6.45, 7) is 0.727. The zero-order chi connectivity index (χ0) is 13.7. The Bertz CT molecular complexity index is 302. The number of methoxy groups -OCH3 is 1. The summed E-state index contributed by atoms with van der Waals surface area (Å²) in [4.78, 5) is 11.8. The van der Waals surface area contributed by atoms with E-state index in [1.165, 1.54) is 39.2 Å². The topological polar surface area (TPSA) is 61.5 Å². The van der Waals surface area contributed by atoms with Crippen LogP contribution in [0, 0.1) is 5.92 Å². The van der Waals surface area contributed by atoms with Crippen LogP contribution in [-0.2, 0) is 14.3 Å². The Balaban J connectivity index is 1.76. The summed E-state index contributed by atoms with van der Waals surface area (Å²) in [6.07, 6.45) is 10.4. The van der Waals surface area contributed by atoms with Crippen LogP contribution in [0.4, 0.5) is 0 Å². The third-order valence-electron chi connectivity index (χ3n) is 4.81. The maximum Gasteiger partial charge on any atom is 0.326 e. The van der Waals surface area contributed by atoms with Crippen LogP contribution < -0.4 is 5.73 Å². The van der Waals surface area contributed by atoms with E-state index in [-0.39, 0.29) is 11.9 Å². The van der Waals surface area contributed by atoms with Crippen LogP contribution >= 0.6 is 0 Å². The van der Waals surface area contributed by atoms with Crippen molar-refractivity contribution in [2.24, 2.45) is 11.7 Å². The molecule has 19 heavy (non-hydrogen) atoms. The zero-order valence-corrected chi connectivity index (χ0v) is 12.0. The summed E-state index contributed by atoms with van der Waals surface area (Å²) in [7, 11) is 1.42. The smallest absolute Gasteiger partial charge is 0.326 e. The minimum atomic E-state index is -0.773. The number of carbonyl (C=O) groups excluding carboxylic acids is 1. The van der Waals surface area contributed by atoms with Gasteiger partial charge in [0.25, 0.3) is 0 Å². The van der Waals surface area contributed by atoms with E-state index >= 15 is 0 Å². The number of hydrogen-bond acceptors (Lipinski definition) is 4. The summed E-state index contributed by atoms with van der Waals surface area (Å²) < 4.78 is 10.8. The van der Waals surface area contributed by atoms with E-state index in [9.17, 15) is 4.79 Å². The van der Waals surface area contributed by atoms with Gasteiger partial charge in [0.05, 0.1) is 13.2 Å². The van der Waals surface area contributed by atoms with Crippen molar-refractivity contribution in [2.45, 2.75) is 69.4 Å². The lowest BCUT2D eigenvalue weighted by Crippen LogP contribution is -2.52. The summed E-state index contributed by atoms with van der Waals surface area (Å²) in [6, 6.07) is 0. The van der Waals surface area contributed by atoms with Gasteiger partial charge < -0.3 is 15.2 Å². The Morgan fingerprint density at radius 3 is 2.63 bits per heavy atom. The molecule has 2 fully saturated rings. The van der Waals surface area contributed by atoms with E-state index in [0.29, 0.717) is 6.10 Å². The molecule has 2 aliphatic carbocycles. The summed E-state index contributed by atoms with van der Waals surface area (Å²) >= 11 is 0. The van der Waals surface area contributed by atoms with Crippen LogP contribution in [-0.4, -0.2) is 31.3 Å². The largest absolute Gasteiger partial charge is 0.468 e. The first kappa shape index (κ1) is 14.8. The van der Waals surface area contributed by atoms with E-state index in [2.05, 4.69) is 0 Å². The van der Waals surface area contributed by atoms with Crippen LogP contribution in [0.3, 0.4) is 0 Å². The fourth-order valence-electron chi connectivity index (χ4n) is 3.57. The number of nitrogens with two attached hydrogens (primary N) is 1. The van der Waals surface area contributed by atoms with E-state index in [0.717, 1.165) is 32.3 Å². The number of ether oxygens (including phenoxy) is 2. The molecule has 0 aromatic heterocycles. The Hall–Kier alpha value is -0.610.